The van der Waals surface area contributed by atoms with Crippen molar-refractivity contribution in [3.63, 3.8) is 0 Å². The minimum atomic E-state index is -0.475. The predicted octanol–water partition coefficient (Wildman–Crippen LogP) is 0.908. The molecule has 2 aliphatic heterocycles. The Balaban J connectivity index is 1.59. The van der Waals surface area contributed by atoms with Crippen LogP contribution in [0.2, 0.25) is 0 Å². The summed E-state index contributed by atoms with van der Waals surface area (Å²) in [7, 11) is 1.49. The summed E-state index contributed by atoms with van der Waals surface area (Å²) in [5, 5.41) is 15.4. The molecule has 4 rings (SSSR count). The van der Waals surface area contributed by atoms with Crippen molar-refractivity contribution in [2.45, 2.75) is 0 Å². The molecule has 2 aliphatic rings. The number of hydrogen-bond donors (Lipinski definition) is 1. The number of hydrazone groups is 1. The summed E-state index contributed by atoms with van der Waals surface area (Å²) in [4.78, 5) is 28.5. The second-order valence-electron chi connectivity index (χ2n) is 7.01. The first-order chi connectivity index (χ1) is 15.6. The Labute approximate surface area is 184 Å². The van der Waals surface area contributed by atoms with Gasteiger partial charge in [-0.3, -0.25) is 10.1 Å². The highest BCUT2D eigenvalue weighted by atomic mass is 16.6. The molecular formula is C19H24N8O5. The van der Waals surface area contributed by atoms with E-state index in [2.05, 4.69) is 25.5 Å². The number of anilines is 3. The first-order valence-corrected chi connectivity index (χ1v) is 10.2. The molecule has 1 aromatic heterocycles. The molecule has 0 radical (unpaired) electrons. The van der Waals surface area contributed by atoms with Gasteiger partial charge < -0.3 is 24.0 Å². The maximum atomic E-state index is 11.3. The number of benzene rings is 1. The van der Waals surface area contributed by atoms with Crippen LogP contribution >= 0.6 is 0 Å². The van der Waals surface area contributed by atoms with Crippen LogP contribution < -0.4 is 20.0 Å². The number of nitrogens with one attached hydrogen (secondary N) is 1. The number of ether oxygens (including phenoxy) is 3. The molecule has 13 nitrogen and oxygen atoms in total. The molecule has 0 atom stereocenters. The topological polar surface area (TPSA) is 140 Å². The zero-order valence-electron chi connectivity index (χ0n) is 17.6. The summed E-state index contributed by atoms with van der Waals surface area (Å²) in [6.45, 7) is 5.07. The molecule has 32 heavy (non-hydrogen) atoms. The van der Waals surface area contributed by atoms with Gasteiger partial charge in [-0.25, -0.2) is 5.43 Å². The van der Waals surface area contributed by atoms with Gasteiger partial charge in [0.15, 0.2) is 0 Å². The molecule has 1 N–H and O–H groups in total. The normalized spacial score (nSPS) is 16.9. The fourth-order valence-corrected chi connectivity index (χ4v) is 3.30. The van der Waals surface area contributed by atoms with Gasteiger partial charge >= 0.3 is 0 Å². The summed E-state index contributed by atoms with van der Waals surface area (Å²) in [6, 6.07) is 4.43. The van der Waals surface area contributed by atoms with Gasteiger partial charge in [0.05, 0.1) is 50.2 Å². The van der Waals surface area contributed by atoms with Crippen molar-refractivity contribution in [3.8, 4) is 5.75 Å². The molecular weight excluding hydrogens is 420 g/mol. The third-order valence-corrected chi connectivity index (χ3v) is 5.00. The molecule has 2 aromatic rings. The van der Waals surface area contributed by atoms with Gasteiger partial charge in [-0.1, -0.05) is 0 Å². The lowest BCUT2D eigenvalue weighted by molar-refractivity contribution is -0.385. The number of nitrogens with zero attached hydrogens (tertiary/aromatic N) is 7. The van der Waals surface area contributed by atoms with Crippen molar-refractivity contribution in [3.05, 3.63) is 33.9 Å². The van der Waals surface area contributed by atoms with Gasteiger partial charge in [0.25, 0.3) is 5.69 Å². The van der Waals surface area contributed by atoms with Crippen molar-refractivity contribution in [1.82, 2.24) is 15.0 Å². The summed E-state index contributed by atoms with van der Waals surface area (Å²) >= 11 is 0. The summed E-state index contributed by atoms with van der Waals surface area (Å²) in [5.74, 6) is 1.77. The summed E-state index contributed by atoms with van der Waals surface area (Å²) in [5.41, 5.74) is 2.99. The van der Waals surface area contributed by atoms with E-state index >= 15 is 0 Å². The molecule has 170 valence electrons. The third-order valence-electron chi connectivity index (χ3n) is 5.00. The Bertz CT molecular complexity index is 940. The van der Waals surface area contributed by atoms with Gasteiger partial charge in [-0.05, 0) is 12.1 Å². The highest BCUT2D eigenvalue weighted by Crippen LogP contribution is 2.23. The number of nitro benzene ring substituents is 1. The fourth-order valence-electron chi connectivity index (χ4n) is 3.30. The van der Waals surface area contributed by atoms with E-state index in [4.69, 9.17) is 14.2 Å². The Kier molecular flexibility index (Phi) is 6.87. The monoisotopic (exact) mass is 444 g/mol. The second kappa shape index (κ2) is 10.2. The van der Waals surface area contributed by atoms with Crippen LogP contribution in [0.1, 0.15) is 5.56 Å². The molecule has 0 saturated carbocycles. The fraction of sp³-hybridized carbons (Fsp3) is 0.474. The standard InChI is InChI=1S/C19H24N8O5/c1-30-15-2-3-16(27(28)29)14(12-15)13-20-24-17-21-18(25-4-8-31-9-5-25)23-19(22-17)26-6-10-32-11-7-26/h2-3,12-13H,4-11H2,1H3,(H,21,22,23,24)/b20-13+. The van der Waals surface area contributed by atoms with Crippen molar-refractivity contribution in [1.29, 1.82) is 0 Å². The molecule has 3 heterocycles. The van der Waals surface area contributed by atoms with Gasteiger partial charge in [0.2, 0.25) is 17.8 Å². The maximum absolute atomic E-state index is 11.3. The van der Waals surface area contributed by atoms with Crippen LogP contribution in [0, 0.1) is 10.1 Å². The van der Waals surface area contributed by atoms with E-state index in [9.17, 15) is 10.1 Å². The molecule has 0 aliphatic carbocycles. The lowest BCUT2D eigenvalue weighted by atomic mass is 10.2. The van der Waals surface area contributed by atoms with E-state index in [-0.39, 0.29) is 17.2 Å². The van der Waals surface area contributed by atoms with Crippen LogP contribution in [-0.4, -0.2) is 85.8 Å². The Hall–Kier alpha value is -3.58. The third kappa shape index (κ3) is 5.18. The van der Waals surface area contributed by atoms with E-state index in [1.54, 1.807) is 0 Å². The molecule has 2 fully saturated rings. The first-order valence-electron chi connectivity index (χ1n) is 10.2. The van der Waals surface area contributed by atoms with Crippen molar-refractivity contribution in [2.75, 3.05) is 74.9 Å². The zero-order valence-corrected chi connectivity index (χ0v) is 17.6. The number of hydrogen-bond acceptors (Lipinski definition) is 12. The molecule has 0 unspecified atom stereocenters. The molecule has 0 amide bonds. The predicted molar refractivity (Wildman–Crippen MR) is 117 cm³/mol. The summed E-state index contributed by atoms with van der Waals surface area (Å²) < 4.78 is 16.0. The number of aromatic nitrogens is 3. The van der Waals surface area contributed by atoms with Crippen LogP contribution in [0.3, 0.4) is 0 Å². The van der Waals surface area contributed by atoms with Crippen LogP contribution in [0.15, 0.2) is 23.3 Å². The van der Waals surface area contributed by atoms with Crippen LogP contribution in [0.5, 0.6) is 5.75 Å². The Morgan fingerprint density at radius 2 is 1.66 bits per heavy atom. The Morgan fingerprint density at radius 3 is 2.19 bits per heavy atom. The maximum Gasteiger partial charge on any atom is 0.278 e. The van der Waals surface area contributed by atoms with Gasteiger partial charge in [0, 0.05) is 32.2 Å². The largest absolute Gasteiger partial charge is 0.497 e. The van der Waals surface area contributed by atoms with Crippen molar-refractivity contribution < 1.29 is 19.1 Å². The molecule has 2 saturated heterocycles. The number of nitro groups is 1. The van der Waals surface area contributed by atoms with Gasteiger partial charge in [0.1, 0.15) is 5.75 Å². The van der Waals surface area contributed by atoms with Crippen LogP contribution in [0.25, 0.3) is 0 Å². The zero-order chi connectivity index (χ0) is 22.3. The van der Waals surface area contributed by atoms with Gasteiger partial charge in [-0.2, -0.15) is 20.1 Å². The quantitative estimate of drug-likeness (QED) is 0.370. The highest BCUT2D eigenvalue weighted by Gasteiger charge is 2.20. The van der Waals surface area contributed by atoms with Crippen LogP contribution in [0.4, 0.5) is 23.5 Å². The number of morpholine rings is 2. The molecule has 1 aromatic carbocycles. The average Bonchev–Trinajstić information content (AvgIpc) is 2.84. The SMILES string of the molecule is COc1ccc([N+](=O)[O-])c(/C=N/Nc2nc(N3CCOCC3)nc(N3CCOCC3)n2)c1. The molecule has 13 heteroatoms. The van der Waals surface area contributed by atoms with E-state index in [1.807, 2.05) is 9.80 Å². The molecule has 0 spiro atoms. The van der Waals surface area contributed by atoms with Crippen molar-refractivity contribution in [2.24, 2.45) is 5.10 Å². The highest BCUT2D eigenvalue weighted by molar-refractivity contribution is 5.86. The first kappa shape index (κ1) is 21.6. The van der Waals surface area contributed by atoms with E-state index in [0.29, 0.717) is 70.3 Å². The lowest BCUT2D eigenvalue weighted by Gasteiger charge is -2.30. The Morgan fingerprint density at radius 1 is 1.06 bits per heavy atom. The average molecular weight is 444 g/mol. The number of rotatable bonds is 7. The smallest absolute Gasteiger partial charge is 0.278 e. The second-order valence-corrected chi connectivity index (χ2v) is 7.01. The van der Waals surface area contributed by atoms with E-state index < -0.39 is 4.92 Å². The van der Waals surface area contributed by atoms with E-state index in [1.165, 1.54) is 31.5 Å². The minimum absolute atomic E-state index is 0.0880. The lowest BCUT2D eigenvalue weighted by Crippen LogP contribution is -2.40. The van der Waals surface area contributed by atoms with Crippen LogP contribution in [-0.2, 0) is 9.47 Å². The van der Waals surface area contributed by atoms with Gasteiger partial charge in [-0.15, -0.1) is 0 Å². The molecule has 0 bridgehead atoms. The minimum Gasteiger partial charge on any atom is -0.497 e. The number of methoxy groups -OCH3 is 1. The van der Waals surface area contributed by atoms with Crippen molar-refractivity contribution >= 4 is 29.7 Å². The summed E-state index contributed by atoms with van der Waals surface area (Å²) in [6.07, 6.45) is 1.34. The van der Waals surface area contributed by atoms with E-state index in [0.717, 1.165) is 0 Å².